The van der Waals surface area contributed by atoms with Crippen LogP contribution in [0.1, 0.15) is 46.1 Å². The molecule has 2 atom stereocenters. The Morgan fingerprint density at radius 1 is 1.00 bits per heavy atom. The van der Waals surface area contributed by atoms with Gasteiger partial charge < -0.3 is 19.2 Å². The average molecular weight is 373 g/mol. The predicted octanol–water partition coefficient (Wildman–Crippen LogP) is 2.87. The van der Waals surface area contributed by atoms with Crippen LogP contribution in [0.15, 0.2) is 30.3 Å². The van der Waals surface area contributed by atoms with Gasteiger partial charge in [0.2, 0.25) is 0 Å². The normalized spacial score (nSPS) is 35.4. The van der Waals surface area contributed by atoms with Crippen LogP contribution in [0.4, 0.5) is 0 Å². The Morgan fingerprint density at radius 2 is 1.56 bits per heavy atom. The molecule has 0 saturated carbocycles. The van der Waals surface area contributed by atoms with E-state index in [1.54, 1.807) is 0 Å². The van der Waals surface area contributed by atoms with Crippen LogP contribution in [0.2, 0.25) is 6.32 Å². The van der Waals surface area contributed by atoms with Crippen LogP contribution in [0, 0.1) is 0 Å². The maximum absolute atomic E-state index is 11.4. The number of hydrogen-bond acceptors (Lipinski definition) is 5. The van der Waals surface area contributed by atoms with Gasteiger partial charge in [0.25, 0.3) is 0 Å². The van der Waals surface area contributed by atoms with Gasteiger partial charge in [-0.15, -0.1) is 0 Å². The van der Waals surface area contributed by atoms with E-state index >= 15 is 0 Å². The molecular weight excluding hydrogens is 341 g/mol. The number of nitrogens with zero attached hydrogens (tertiary/aromatic N) is 1. The Bertz CT molecular complexity index is 635. The highest BCUT2D eigenvalue weighted by molar-refractivity contribution is 6.45. The first-order valence-corrected chi connectivity index (χ1v) is 10.1. The molecule has 1 aromatic carbocycles. The lowest BCUT2D eigenvalue weighted by atomic mass is 9.67. The number of benzene rings is 1. The number of morpholine rings is 1. The first kappa shape index (κ1) is 19.4. The summed E-state index contributed by atoms with van der Waals surface area (Å²) in [4.78, 5) is 2.51. The Kier molecular flexibility index (Phi) is 4.92. The Balaban J connectivity index is 1.45. The van der Waals surface area contributed by atoms with Gasteiger partial charge in [-0.25, -0.2) is 0 Å². The quantitative estimate of drug-likeness (QED) is 0.823. The summed E-state index contributed by atoms with van der Waals surface area (Å²) in [7, 11) is -0.359. The molecule has 4 rings (SSSR count). The smallest absolute Gasteiger partial charge is 0.403 e. The van der Waals surface area contributed by atoms with E-state index in [4.69, 9.17) is 14.0 Å². The molecule has 3 aliphatic rings. The maximum atomic E-state index is 11.4. The molecule has 1 aromatic rings. The summed E-state index contributed by atoms with van der Waals surface area (Å²) in [5, 5.41) is 11.4. The molecule has 3 saturated heterocycles. The number of ether oxygens (including phenoxy) is 1. The first-order valence-electron chi connectivity index (χ1n) is 10.1. The number of rotatable bonds is 4. The average Bonchev–Trinajstić information content (AvgIpc) is 2.76. The van der Waals surface area contributed by atoms with Crippen LogP contribution in [-0.4, -0.2) is 59.2 Å². The third-order valence-electron chi connectivity index (χ3n) is 6.85. The predicted molar refractivity (Wildman–Crippen MR) is 105 cm³/mol. The summed E-state index contributed by atoms with van der Waals surface area (Å²) in [6.07, 6.45) is 1.91. The summed E-state index contributed by atoms with van der Waals surface area (Å²) < 4.78 is 18.1. The summed E-state index contributed by atoms with van der Waals surface area (Å²) in [5.41, 5.74) is -0.180. The topological polar surface area (TPSA) is 51.2 Å². The van der Waals surface area contributed by atoms with Crippen molar-refractivity contribution in [3.63, 3.8) is 0 Å². The molecule has 0 amide bonds. The maximum Gasteiger partial charge on any atom is 0.460 e. The molecule has 5 nitrogen and oxygen atoms in total. The third-order valence-corrected chi connectivity index (χ3v) is 6.85. The van der Waals surface area contributed by atoms with Gasteiger partial charge in [-0.1, -0.05) is 30.3 Å². The first-order chi connectivity index (χ1) is 12.7. The van der Waals surface area contributed by atoms with Crippen molar-refractivity contribution >= 4 is 7.12 Å². The molecular formula is C21H32BNO4. The van der Waals surface area contributed by atoms with Gasteiger partial charge in [0, 0.05) is 24.9 Å². The molecule has 3 fully saturated rings. The van der Waals surface area contributed by atoms with Crippen molar-refractivity contribution < 1.29 is 19.2 Å². The largest absolute Gasteiger partial charge is 0.460 e. The van der Waals surface area contributed by atoms with Crippen molar-refractivity contribution in [2.45, 2.75) is 82.3 Å². The summed E-state index contributed by atoms with van der Waals surface area (Å²) in [5.74, 6) is 0. The fourth-order valence-electron chi connectivity index (χ4n) is 4.72. The van der Waals surface area contributed by atoms with Gasteiger partial charge in [0.05, 0.1) is 30.0 Å². The molecule has 3 heterocycles. The van der Waals surface area contributed by atoms with Crippen LogP contribution in [0.3, 0.4) is 0 Å². The molecule has 2 unspecified atom stereocenters. The van der Waals surface area contributed by atoms with Crippen LogP contribution in [-0.2, 0) is 20.6 Å². The van der Waals surface area contributed by atoms with Crippen molar-refractivity contribution in [1.29, 1.82) is 0 Å². The fraction of sp³-hybridized carbons (Fsp3) is 0.714. The van der Waals surface area contributed by atoms with Gasteiger partial charge in [-0.3, -0.25) is 4.90 Å². The highest BCUT2D eigenvalue weighted by Gasteiger charge is 2.55. The number of hydrogen-bond donors (Lipinski definition) is 1. The van der Waals surface area contributed by atoms with E-state index in [9.17, 15) is 5.11 Å². The van der Waals surface area contributed by atoms with Gasteiger partial charge in [0.1, 0.15) is 0 Å². The second-order valence-electron chi connectivity index (χ2n) is 9.53. The minimum absolute atomic E-state index is 0.227. The molecule has 0 aromatic heterocycles. The van der Waals surface area contributed by atoms with E-state index in [2.05, 4.69) is 56.9 Å². The Hall–Kier alpha value is -0.915. The van der Waals surface area contributed by atoms with Crippen molar-refractivity contribution in [2.24, 2.45) is 0 Å². The van der Waals surface area contributed by atoms with E-state index < -0.39 is 5.60 Å². The number of aliphatic hydroxyl groups is 1. The second kappa shape index (κ2) is 6.85. The lowest BCUT2D eigenvalue weighted by molar-refractivity contribution is -0.140. The van der Waals surface area contributed by atoms with Crippen molar-refractivity contribution in [1.82, 2.24) is 4.90 Å². The summed E-state index contributed by atoms with van der Waals surface area (Å²) >= 11 is 0. The minimum atomic E-state index is -0.770. The van der Waals surface area contributed by atoms with Crippen molar-refractivity contribution in [2.75, 3.05) is 13.2 Å². The van der Waals surface area contributed by atoms with Crippen LogP contribution >= 0.6 is 0 Å². The Labute approximate surface area is 163 Å². The van der Waals surface area contributed by atoms with Gasteiger partial charge in [-0.2, -0.15) is 0 Å². The fourth-order valence-corrected chi connectivity index (χ4v) is 4.72. The molecule has 0 aliphatic carbocycles. The molecule has 148 valence electrons. The van der Waals surface area contributed by atoms with E-state index in [0.29, 0.717) is 32.4 Å². The molecule has 1 N–H and O–H groups in total. The SMILES string of the molecule is CC1(C)OB(CC2(O)CC3COCC(C2)N3Cc2ccccc2)OC1(C)C. The van der Waals surface area contributed by atoms with Gasteiger partial charge in [0.15, 0.2) is 0 Å². The standard InChI is InChI=1S/C21H32BNO4/c1-19(2)20(3,4)27-22(26-19)15-21(24)10-17-13-25-14-18(11-21)23(17)12-16-8-6-5-7-9-16/h5-9,17-18,24H,10-15H2,1-4H3. The van der Waals surface area contributed by atoms with E-state index in [1.807, 2.05) is 6.07 Å². The third kappa shape index (κ3) is 3.83. The molecule has 3 aliphatic heterocycles. The molecule has 27 heavy (non-hydrogen) atoms. The van der Waals surface area contributed by atoms with Crippen LogP contribution < -0.4 is 0 Å². The van der Waals surface area contributed by atoms with E-state index in [-0.39, 0.29) is 30.4 Å². The van der Waals surface area contributed by atoms with Crippen LogP contribution in [0.25, 0.3) is 0 Å². The van der Waals surface area contributed by atoms with Gasteiger partial charge >= 0.3 is 7.12 Å². The zero-order valence-corrected chi connectivity index (χ0v) is 17.0. The van der Waals surface area contributed by atoms with E-state index in [1.165, 1.54) is 5.56 Å². The van der Waals surface area contributed by atoms with Crippen molar-refractivity contribution in [3.05, 3.63) is 35.9 Å². The van der Waals surface area contributed by atoms with Crippen LogP contribution in [0.5, 0.6) is 0 Å². The number of fused-ring (bicyclic) bond motifs is 2. The highest BCUT2D eigenvalue weighted by atomic mass is 16.7. The zero-order valence-electron chi connectivity index (χ0n) is 17.0. The second-order valence-corrected chi connectivity index (χ2v) is 9.53. The Morgan fingerprint density at radius 3 is 2.11 bits per heavy atom. The minimum Gasteiger partial charge on any atom is -0.403 e. The molecule has 0 spiro atoms. The number of piperidine rings is 1. The lowest BCUT2D eigenvalue weighted by Gasteiger charge is -2.52. The zero-order chi connectivity index (χ0) is 19.3. The lowest BCUT2D eigenvalue weighted by Crippen LogP contribution is -2.61. The highest BCUT2D eigenvalue weighted by Crippen LogP contribution is 2.43. The summed E-state index contributed by atoms with van der Waals surface area (Å²) in [6, 6.07) is 11.0. The summed E-state index contributed by atoms with van der Waals surface area (Å²) in [6.45, 7) is 10.5. The van der Waals surface area contributed by atoms with Crippen molar-refractivity contribution in [3.8, 4) is 0 Å². The molecule has 2 bridgehead atoms. The monoisotopic (exact) mass is 373 g/mol. The molecule has 0 radical (unpaired) electrons. The van der Waals surface area contributed by atoms with E-state index in [0.717, 1.165) is 6.54 Å². The van der Waals surface area contributed by atoms with Gasteiger partial charge in [-0.05, 0) is 46.1 Å². The molecule has 6 heteroatoms.